The third kappa shape index (κ3) is 3.37. The van der Waals surface area contributed by atoms with E-state index in [1.165, 1.54) is 0 Å². The van der Waals surface area contributed by atoms with Crippen LogP contribution in [0.4, 0.5) is 17.5 Å². The number of nitro groups is 1. The van der Waals surface area contributed by atoms with Crippen molar-refractivity contribution in [3.05, 3.63) is 35.0 Å². The fraction of sp³-hybridized carbons (Fsp3) is 0.300. The maximum Gasteiger partial charge on any atom is 0.329 e. The van der Waals surface area contributed by atoms with Crippen molar-refractivity contribution in [2.75, 3.05) is 17.6 Å². The molecule has 0 atom stereocenters. The van der Waals surface area contributed by atoms with Crippen LogP contribution in [0.3, 0.4) is 0 Å². The number of hydrogen-bond acceptors (Lipinski definition) is 7. The molecule has 3 N–H and O–H groups in total. The first-order valence-corrected chi connectivity index (χ1v) is 5.63. The van der Waals surface area contributed by atoms with E-state index in [0.717, 1.165) is 19.2 Å². The predicted molar refractivity (Wildman–Crippen MR) is 68.4 cm³/mol. The Labute approximate surface area is 108 Å². The summed E-state index contributed by atoms with van der Waals surface area (Å²) in [5, 5.41) is 13.5. The Hall–Kier alpha value is -2.71. The second kappa shape index (κ2) is 5.76. The van der Waals surface area contributed by atoms with E-state index in [9.17, 15) is 10.1 Å². The highest BCUT2D eigenvalue weighted by Crippen LogP contribution is 2.17. The van der Waals surface area contributed by atoms with Gasteiger partial charge in [0.2, 0.25) is 11.8 Å². The lowest BCUT2D eigenvalue weighted by atomic mass is 10.4. The van der Waals surface area contributed by atoms with Crippen molar-refractivity contribution in [1.82, 2.24) is 19.5 Å². The molecular weight excluding hydrogens is 250 g/mol. The largest absolute Gasteiger partial charge is 0.378 e. The summed E-state index contributed by atoms with van der Waals surface area (Å²) in [5.41, 5.74) is 5.17. The number of aryl methyl sites for hydroxylation is 1. The summed E-state index contributed by atoms with van der Waals surface area (Å²) in [6.07, 6.45) is 7.27. The average Bonchev–Trinajstić information content (AvgIpc) is 2.87. The molecule has 2 aromatic rings. The number of nitrogens with two attached hydrogens (primary N) is 1. The molecule has 9 heteroatoms. The van der Waals surface area contributed by atoms with Gasteiger partial charge in [-0.3, -0.25) is 10.1 Å². The minimum absolute atomic E-state index is 0.142. The minimum Gasteiger partial charge on any atom is -0.378 e. The maximum atomic E-state index is 10.5. The molecule has 100 valence electrons. The molecule has 0 bridgehead atoms. The molecule has 19 heavy (non-hydrogen) atoms. The van der Waals surface area contributed by atoms with E-state index in [1.54, 1.807) is 12.5 Å². The summed E-state index contributed by atoms with van der Waals surface area (Å²) in [6, 6.07) is 0. The number of rotatable bonds is 6. The monoisotopic (exact) mass is 263 g/mol. The third-order valence-electron chi connectivity index (χ3n) is 2.43. The summed E-state index contributed by atoms with van der Waals surface area (Å²) in [4.78, 5) is 21.5. The fourth-order valence-corrected chi connectivity index (χ4v) is 1.50. The Morgan fingerprint density at radius 2 is 2.37 bits per heavy atom. The summed E-state index contributed by atoms with van der Waals surface area (Å²) in [6.45, 7) is 1.45. The first-order chi connectivity index (χ1) is 9.16. The number of hydrogen-bond donors (Lipinski definition) is 2. The van der Waals surface area contributed by atoms with Crippen molar-refractivity contribution >= 4 is 17.5 Å². The quantitative estimate of drug-likeness (QED) is 0.445. The summed E-state index contributed by atoms with van der Waals surface area (Å²) in [7, 11) is 0. The van der Waals surface area contributed by atoms with Crippen molar-refractivity contribution < 1.29 is 4.92 Å². The number of aromatic nitrogens is 4. The van der Waals surface area contributed by atoms with Crippen LogP contribution in [0.1, 0.15) is 6.42 Å². The molecule has 9 nitrogen and oxygen atoms in total. The van der Waals surface area contributed by atoms with Crippen LogP contribution in [0.25, 0.3) is 0 Å². The van der Waals surface area contributed by atoms with Crippen LogP contribution in [0.15, 0.2) is 24.9 Å². The van der Waals surface area contributed by atoms with Crippen molar-refractivity contribution in [3.63, 3.8) is 0 Å². The Bertz CT molecular complexity index is 555. The molecule has 0 aliphatic rings. The van der Waals surface area contributed by atoms with E-state index in [4.69, 9.17) is 5.73 Å². The van der Waals surface area contributed by atoms with Crippen LogP contribution in [0.2, 0.25) is 0 Å². The molecule has 0 fully saturated rings. The highest BCUT2D eigenvalue weighted by Gasteiger charge is 2.13. The third-order valence-corrected chi connectivity index (χ3v) is 2.43. The van der Waals surface area contributed by atoms with E-state index in [0.29, 0.717) is 6.54 Å². The molecular formula is C10H13N7O2. The van der Waals surface area contributed by atoms with Gasteiger partial charge < -0.3 is 15.6 Å². The second-order valence-corrected chi connectivity index (χ2v) is 3.80. The Morgan fingerprint density at radius 1 is 1.53 bits per heavy atom. The smallest absolute Gasteiger partial charge is 0.329 e. The zero-order valence-electron chi connectivity index (χ0n) is 10.1. The normalized spacial score (nSPS) is 10.3. The topological polar surface area (TPSA) is 125 Å². The van der Waals surface area contributed by atoms with Crippen molar-refractivity contribution in [1.29, 1.82) is 0 Å². The lowest BCUT2D eigenvalue weighted by molar-refractivity contribution is -0.384. The van der Waals surface area contributed by atoms with Crippen LogP contribution in [0, 0.1) is 10.1 Å². The first kappa shape index (κ1) is 12.7. The van der Waals surface area contributed by atoms with E-state index in [1.807, 2.05) is 10.8 Å². The van der Waals surface area contributed by atoms with Gasteiger partial charge in [-0.2, -0.15) is 4.98 Å². The zero-order chi connectivity index (χ0) is 13.7. The molecule has 2 aromatic heterocycles. The fourth-order valence-electron chi connectivity index (χ4n) is 1.50. The summed E-state index contributed by atoms with van der Waals surface area (Å²) >= 11 is 0. The lowest BCUT2D eigenvalue weighted by Crippen LogP contribution is -2.10. The Morgan fingerprint density at radius 3 is 3.00 bits per heavy atom. The SMILES string of the molecule is Nc1nc(NCCCn2ccnc2)ncc1[N+](=O)[O-]. The van der Waals surface area contributed by atoms with Gasteiger partial charge in [0.05, 0.1) is 11.3 Å². The standard InChI is InChI=1S/C10H13N7O2/c11-9-8(17(18)19)6-14-10(15-9)13-2-1-4-16-5-3-12-7-16/h3,5-7H,1-2,4H2,(H3,11,13,14,15). The molecule has 0 unspecified atom stereocenters. The molecule has 0 amide bonds. The first-order valence-electron chi connectivity index (χ1n) is 5.63. The van der Waals surface area contributed by atoms with Gasteiger partial charge in [0, 0.05) is 25.5 Å². The Kier molecular flexibility index (Phi) is 3.86. The number of nitrogens with zero attached hydrogens (tertiary/aromatic N) is 5. The average molecular weight is 263 g/mol. The van der Waals surface area contributed by atoms with E-state index in [2.05, 4.69) is 20.3 Å². The number of anilines is 2. The van der Waals surface area contributed by atoms with E-state index >= 15 is 0 Å². The number of nitrogens with one attached hydrogen (secondary N) is 1. The molecule has 0 aromatic carbocycles. The lowest BCUT2D eigenvalue weighted by Gasteiger charge is -2.05. The van der Waals surface area contributed by atoms with Gasteiger partial charge in [0.1, 0.15) is 6.20 Å². The van der Waals surface area contributed by atoms with Crippen molar-refractivity contribution in [3.8, 4) is 0 Å². The maximum absolute atomic E-state index is 10.5. The van der Waals surface area contributed by atoms with Crippen molar-refractivity contribution in [2.45, 2.75) is 13.0 Å². The van der Waals surface area contributed by atoms with Crippen LogP contribution in [-0.4, -0.2) is 31.0 Å². The van der Waals surface area contributed by atoms with Crippen LogP contribution >= 0.6 is 0 Å². The van der Waals surface area contributed by atoms with E-state index in [-0.39, 0.29) is 17.5 Å². The molecule has 0 spiro atoms. The molecule has 2 rings (SSSR count). The highest BCUT2D eigenvalue weighted by atomic mass is 16.6. The van der Waals surface area contributed by atoms with Gasteiger partial charge in [0.25, 0.3) is 0 Å². The van der Waals surface area contributed by atoms with Gasteiger partial charge >= 0.3 is 5.69 Å². The Balaban J connectivity index is 1.83. The van der Waals surface area contributed by atoms with Crippen LogP contribution in [0.5, 0.6) is 0 Å². The highest BCUT2D eigenvalue weighted by molar-refractivity contribution is 5.53. The molecule has 0 radical (unpaired) electrons. The molecule has 0 aliphatic heterocycles. The molecule has 0 saturated heterocycles. The van der Waals surface area contributed by atoms with Gasteiger partial charge in [-0.15, -0.1) is 0 Å². The van der Waals surface area contributed by atoms with Gasteiger partial charge in [0.15, 0.2) is 0 Å². The van der Waals surface area contributed by atoms with Crippen LogP contribution < -0.4 is 11.1 Å². The predicted octanol–water partition coefficient (Wildman–Crippen LogP) is 0.666. The van der Waals surface area contributed by atoms with Gasteiger partial charge in [-0.25, -0.2) is 9.97 Å². The molecule has 2 heterocycles. The number of imidazole rings is 1. The summed E-state index contributed by atoms with van der Waals surface area (Å²) < 4.78 is 1.95. The minimum atomic E-state index is -0.613. The second-order valence-electron chi connectivity index (χ2n) is 3.80. The summed E-state index contributed by atoms with van der Waals surface area (Å²) in [5.74, 6) is 0.144. The zero-order valence-corrected chi connectivity index (χ0v) is 10.1. The number of nitrogen functional groups attached to an aromatic ring is 1. The van der Waals surface area contributed by atoms with Crippen LogP contribution in [-0.2, 0) is 6.54 Å². The van der Waals surface area contributed by atoms with Gasteiger partial charge in [-0.1, -0.05) is 0 Å². The van der Waals surface area contributed by atoms with E-state index < -0.39 is 4.92 Å². The van der Waals surface area contributed by atoms with Crippen molar-refractivity contribution in [2.24, 2.45) is 0 Å². The molecule has 0 saturated carbocycles. The molecule has 0 aliphatic carbocycles. The van der Waals surface area contributed by atoms with Gasteiger partial charge in [-0.05, 0) is 6.42 Å².